The van der Waals surface area contributed by atoms with E-state index in [1.165, 1.54) is 11.3 Å². The van der Waals surface area contributed by atoms with Crippen LogP contribution in [0.25, 0.3) is 0 Å². The maximum Gasteiger partial charge on any atom is 0.263 e. The molecule has 0 saturated heterocycles. The lowest BCUT2D eigenvalue weighted by Gasteiger charge is -2.18. The van der Waals surface area contributed by atoms with Gasteiger partial charge in [0.1, 0.15) is 10.6 Å². The molecule has 3 rings (SSSR count). The Hall–Kier alpha value is -2.73. The standard InChI is InChI=1S/C19H17F4N3O3S2/c1-6-3-4-7-8(5-6)31-18(9(7)16(24)27)26-19(30)25-17(28)10-11(20)13(22)15(29-2)14(23)12(10)21/h6H,3-5H2,1-2H3,(H2,24,27)(H2,25,26,28,30). The number of thiophene rings is 1. The molecule has 2 aromatic rings. The number of halogens is 4. The molecule has 0 radical (unpaired) electrons. The quantitative estimate of drug-likeness (QED) is 0.357. The fourth-order valence-corrected chi connectivity index (χ4v) is 5.07. The van der Waals surface area contributed by atoms with Crippen molar-refractivity contribution in [2.45, 2.75) is 26.2 Å². The van der Waals surface area contributed by atoms with Crippen molar-refractivity contribution in [2.24, 2.45) is 11.7 Å². The monoisotopic (exact) mass is 475 g/mol. The van der Waals surface area contributed by atoms with Crippen molar-refractivity contribution in [3.05, 3.63) is 44.8 Å². The summed E-state index contributed by atoms with van der Waals surface area (Å²) in [5, 5.41) is 4.40. The van der Waals surface area contributed by atoms with Gasteiger partial charge in [0, 0.05) is 4.88 Å². The number of amides is 2. The van der Waals surface area contributed by atoms with E-state index < -0.39 is 51.5 Å². The minimum absolute atomic E-state index is 0.224. The maximum absolute atomic E-state index is 14.1. The molecule has 0 fully saturated rings. The maximum atomic E-state index is 14.1. The van der Waals surface area contributed by atoms with Gasteiger partial charge in [0.15, 0.2) is 22.5 Å². The predicted molar refractivity (Wildman–Crippen MR) is 111 cm³/mol. The second kappa shape index (κ2) is 8.79. The van der Waals surface area contributed by atoms with E-state index in [0.717, 1.165) is 30.4 Å². The first-order valence-corrected chi connectivity index (χ1v) is 10.3. The molecule has 0 saturated carbocycles. The van der Waals surface area contributed by atoms with E-state index in [1.807, 2.05) is 5.32 Å². The Morgan fingerprint density at radius 1 is 1.13 bits per heavy atom. The van der Waals surface area contributed by atoms with Crippen molar-refractivity contribution < 1.29 is 31.9 Å². The highest BCUT2D eigenvalue weighted by Gasteiger charge is 2.31. The first kappa shape index (κ1) is 22.9. The van der Waals surface area contributed by atoms with E-state index in [9.17, 15) is 27.2 Å². The third-order valence-electron chi connectivity index (χ3n) is 4.87. The first-order chi connectivity index (χ1) is 14.6. The summed E-state index contributed by atoms with van der Waals surface area (Å²) >= 11 is 6.20. The van der Waals surface area contributed by atoms with Crippen molar-refractivity contribution in [3.63, 3.8) is 0 Å². The minimum atomic E-state index is -1.94. The molecule has 0 bridgehead atoms. The molecule has 31 heavy (non-hydrogen) atoms. The van der Waals surface area contributed by atoms with Gasteiger partial charge in [-0.05, 0) is 43.0 Å². The fraction of sp³-hybridized carbons (Fsp3) is 0.316. The second-order valence-electron chi connectivity index (χ2n) is 6.99. The molecule has 0 aliphatic heterocycles. The highest BCUT2D eigenvalue weighted by atomic mass is 32.1. The van der Waals surface area contributed by atoms with E-state index in [-0.39, 0.29) is 10.6 Å². The average Bonchev–Trinajstić information content (AvgIpc) is 3.03. The zero-order valence-corrected chi connectivity index (χ0v) is 18.0. The summed E-state index contributed by atoms with van der Waals surface area (Å²) < 4.78 is 60.3. The van der Waals surface area contributed by atoms with Crippen LogP contribution >= 0.6 is 23.6 Å². The number of hydrogen-bond donors (Lipinski definition) is 3. The van der Waals surface area contributed by atoms with Gasteiger partial charge >= 0.3 is 0 Å². The summed E-state index contributed by atoms with van der Waals surface area (Å²) in [6, 6.07) is 0. The van der Waals surface area contributed by atoms with Crippen LogP contribution in [0.2, 0.25) is 0 Å². The van der Waals surface area contributed by atoms with E-state index >= 15 is 0 Å². The molecular formula is C19H17F4N3O3S2. The summed E-state index contributed by atoms with van der Waals surface area (Å²) in [7, 11) is 0.816. The molecule has 12 heteroatoms. The molecule has 1 aliphatic rings. The Morgan fingerprint density at radius 2 is 1.74 bits per heavy atom. The van der Waals surface area contributed by atoms with Gasteiger partial charge in [-0.2, -0.15) is 8.78 Å². The number of fused-ring (bicyclic) bond motifs is 1. The molecular weight excluding hydrogens is 458 g/mol. The smallest absolute Gasteiger partial charge is 0.263 e. The van der Waals surface area contributed by atoms with E-state index in [0.29, 0.717) is 12.3 Å². The van der Waals surface area contributed by atoms with Crippen molar-refractivity contribution in [2.75, 3.05) is 12.4 Å². The molecule has 6 nitrogen and oxygen atoms in total. The number of thiocarbonyl (C=S) groups is 1. The minimum Gasteiger partial charge on any atom is -0.491 e. The second-order valence-corrected chi connectivity index (χ2v) is 8.51. The van der Waals surface area contributed by atoms with Crippen LogP contribution in [-0.2, 0) is 12.8 Å². The van der Waals surface area contributed by atoms with Crippen molar-refractivity contribution in [3.8, 4) is 5.75 Å². The van der Waals surface area contributed by atoms with E-state index in [1.54, 1.807) is 0 Å². The van der Waals surface area contributed by atoms with Crippen LogP contribution in [-0.4, -0.2) is 24.0 Å². The summed E-state index contributed by atoms with van der Waals surface area (Å²) in [6.07, 6.45) is 2.26. The van der Waals surface area contributed by atoms with Gasteiger partial charge in [-0.1, -0.05) is 6.92 Å². The van der Waals surface area contributed by atoms with Crippen molar-refractivity contribution in [1.29, 1.82) is 0 Å². The Morgan fingerprint density at radius 3 is 2.29 bits per heavy atom. The lowest BCUT2D eigenvalue weighted by atomic mass is 9.88. The zero-order chi connectivity index (χ0) is 23.0. The van der Waals surface area contributed by atoms with Gasteiger partial charge in [0.2, 0.25) is 11.6 Å². The van der Waals surface area contributed by atoms with Gasteiger partial charge in [0.05, 0.1) is 12.7 Å². The number of carbonyl (C=O) groups excluding carboxylic acids is 2. The number of hydrogen-bond acceptors (Lipinski definition) is 5. The molecule has 1 aromatic heterocycles. The number of methoxy groups -OCH3 is 1. The molecule has 166 valence electrons. The van der Waals surface area contributed by atoms with Gasteiger partial charge < -0.3 is 15.8 Å². The predicted octanol–water partition coefficient (Wildman–Crippen LogP) is 3.66. The van der Waals surface area contributed by atoms with Crippen molar-refractivity contribution >= 4 is 45.5 Å². The number of primary amides is 1. The van der Waals surface area contributed by atoms with Crippen LogP contribution in [0, 0.1) is 29.2 Å². The first-order valence-electron chi connectivity index (χ1n) is 9.03. The number of benzene rings is 1. The molecule has 1 aliphatic carbocycles. The molecule has 1 aromatic carbocycles. The largest absolute Gasteiger partial charge is 0.491 e. The highest BCUT2D eigenvalue weighted by molar-refractivity contribution is 7.80. The summed E-state index contributed by atoms with van der Waals surface area (Å²) in [4.78, 5) is 25.2. The average molecular weight is 475 g/mol. The Bertz CT molecular complexity index is 1070. The lowest BCUT2D eigenvalue weighted by Crippen LogP contribution is -2.36. The zero-order valence-electron chi connectivity index (χ0n) is 16.3. The van der Waals surface area contributed by atoms with E-state index in [4.69, 9.17) is 18.0 Å². The van der Waals surface area contributed by atoms with Gasteiger partial charge in [-0.15, -0.1) is 11.3 Å². The number of carbonyl (C=O) groups is 2. The van der Waals surface area contributed by atoms with Gasteiger partial charge in [-0.25, -0.2) is 8.78 Å². The normalized spacial score (nSPS) is 15.2. The number of ether oxygens (including phenoxy) is 1. The van der Waals surface area contributed by atoms with E-state index in [2.05, 4.69) is 17.0 Å². The Kier molecular flexibility index (Phi) is 6.51. The third-order valence-corrected chi connectivity index (χ3v) is 6.24. The summed E-state index contributed by atoms with van der Waals surface area (Å²) in [5.74, 6) is -10.7. The van der Waals surface area contributed by atoms with Gasteiger partial charge in [0.25, 0.3) is 11.8 Å². The fourth-order valence-electron chi connectivity index (χ4n) is 3.39. The summed E-state index contributed by atoms with van der Waals surface area (Å²) in [6.45, 7) is 2.07. The molecule has 1 unspecified atom stereocenters. The van der Waals surface area contributed by atoms with Crippen molar-refractivity contribution in [1.82, 2.24) is 5.32 Å². The number of nitrogens with one attached hydrogen (secondary N) is 2. The van der Waals surface area contributed by atoms with Crippen LogP contribution in [0.15, 0.2) is 0 Å². The van der Waals surface area contributed by atoms with Crippen LogP contribution in [0.1, 0.15) is 44.5 Å². The van der Waals surface area contributed by atoms with Crippen LogP contribution < -0.4 is 21.1 Å². The number of anilines is 1. The topological polar surface area (TPSA) is 93.4 Å². The summed E-state index contributed by atoms with van der Waals surface area (Å²) in [5.41, 5.74) is 5.00. The Labute approximate surface area is 183 Å². The van der Waals surface area contributed by atoms with Crippen LogP contribution in [0.3, 0.4) is 0 Å². The molecule has 1 heterocycles. The number of rotatable bonds is 4. The molecule has 1 atom stereocenters. The van der Waals surface area contributed by atoms with Crippen LogP contribution in [0.5, 0.6) is 5.75 Å². The van der Waals surface area contributed by atoms with Gasteiger partial charge in [-0.3, -0.25) is 14.9 Å². The third kappa shape index (κ3) is 4.22. The van der Waals surface area contributed by atoms with Crippen LogP contribution in [0.4, 0.5) is 22.6 Å². The Balaban J connectivity index is 1.86. The lowest BCUT2D eigenvalue weighted by molar-refractivity contribution is 0.0964. The SMILES string of the molecule is COc1c(F)c(F)c(C(=O)NC(=S)Nc2sc3c(c2C(N)=O)CCC(C)C3)c(F)c1F. The molecule has 0 spiro atoms. The molecule has 4 N–H and O–H groups in total. The number of nitrogens with two attached hydrogens (primary N) is 1. The highest BCUT2D eigenvalue weighted by Crippen LogP contribution is 2.39. The molecule has 2 amide bonds.